The van der Waals surface area contributed by atoms with Crippen molar-refractivity contribution in [2.24, 2.45) is 15.0 Å². The van der Waals surface area contributed by atoms with Crippen LogP contribution in [0.2, 0.25) is 54.4 Å². The van der Waals surface area contributed by atoms with Crippen LogP contribution in [-0.2, 0) is 51.5 Å². The molecule has 51 heteroatoms. The van der Waals surface area contributed by atoms with Crippen molar-refractivity contribution < 1.29 is 82.1 Å². The highest BCUT2D eigenvalue weighted by Gasteiger charge is 2.46. The molecule has 15 rings (SSSR count). The van der Waals surface area contributed by atoms with Crippen molar-refractivity contribution in [2.45, 2.75) is 247 Å². The number of anilines is 2. The van der Waals surface area contributed by atoms with Gasteiger partial charge in [0.2, 0.25) is 6.41 Å². The van der Waals surface area contributed by atoms with Crippen molar-refractivity contribution in [1.82, 2.24) is 117 Å². The molecule has 0 saturated carbocycles. The van der Waals surface area contributed by atoms with Gasteiger partial charge in [0.05, 0.1) is 127 Å². The molecule has 0 unspecified atom stereocenters. The Morgan fingerprint density at radius 3 is 0.965 bits per heavy atom. The van der Waals surface area contributed by atoms with Crippen LogP contribution < -0.4 is 11.5 Å². The quantitative estimate of drug-likeness (QED) is 0.00394. The second-order valence-corrected chi connectivity index (χ2v) is 56.8. The van der Waals surface area contributed by atoms with Gasteiger partial charge in [-0.2, -0.15) is 11.1 Å². The molecule has 46 nitrogen and oxygen atoms in total. The van der Waals surface area contributed by atoms with E-state index in [2.05, 4.69) is 227 Å². The molecule has 0 radical (unpaired) electrons. The normalized spacial score (nSPS) is 22.6. The lowest BCUT2D eigenvalue weighted by atomic mass is 10.2. The maximum Gasteiger partial charge on any atom is 0.217 e. The molecule has 142 heavy (non-hydrogen) atoms. The van der Waals surface area contributed by atoms with Gasteiger partial charge in [-0.1, -0.05) is 110 Å². The van der Waals surface area contributed by atoms with E-state index in [1.807, 2.05) is 80.2 Å². The molecule has 0 aromatic carbocycles. The predicted octanol–water partition coefficient (Wildman–Crippen LogP) is 10.6. The molecule has 10 N–H and O–H groups in total. The average molecular weight is 2120 g/mol. The summed E-state index contributed by atoms with van der Waals surface area (Å²) in [6.07, 6.45) is 21.6. The fourth-order valence-electron chi connectivity index (χ4n) is 13.6. The van der Waals surface area contributed by atoms with Crippen LogP contribution >= 0.6 is 27.0 Å². The van der Waals surface area contributed by atoms with Crippen LogP contribution in [0, 0.1) is 0 Å². The second kappa shape index (κ2) is 53.7. The summed E-state index contributed by atoms with van der Waals surface area (Å²) >= 11 is 9.28. The number of aliphatic imine (C=N–C) groups is 3. The van der Waals surface area contributed by atoms with Crippen molar-refractivity contribution in [3.05, 3.63) is 101 Å². The molecule has 5 saturated heterocycles. The van der Waals surface area contributed by atoms with Gasteiger partial charge in [-0.15, -0.1) is 19.7 Å². The number of aromatic nitrogens is 20. The van der Waals surface area contributed by atoms with Crippen molar-refractivity contribution >= 4 is 155 Å². The Morgan fingerprint density at radius 2 is 0.697 bits per heavy atom. The van der Waals surface area contributed by atoms with E-state index < -0.39 is 67.0 Å². The molecule has 5 aliphatic rings. The third-order valence-corrected chi connectivity index (χ3v) is 39.2. The Kier molecular flexibility index (Phi) is 44.6. The first kappa shape index (κ1) is 118. The van der Waals surface area contributed by atoms with E-state index in [1.165, 1.54) is 31.6 Å². The number of halogens is 2. The van der Waals surface area contributed by atoms with Gasteiger partial charge in [0, 0.05) is 93.9 Å². The topological polar surface area (TPSA) is 543 Å². The fourth-order valence-corrected chi connectivity index (χ4v) is 15.6. The van der Waals surface area contributed by atoms with Gasteiger partial charge >= 0.3 is 0 Å². The lowest BCUT2D eigenvalue weighted by molar-refractivity contribution is -0.179. The molecule has 0 bridgehead atoms. The Morgan fingerprint density at radius 1 is 0.430 bits per heavy atom. The van der Waals surface area contributed by atoms with E-state index in [0.717, 1.165) is 5.33 Å². The fraction of sp³-hybridized carbons (Fsp3) is 0.626. The largest absolute Gasteiger partial charge is 0.414 e. The molecule has 15 heterocycles. The molecule has 5 fully saturated rings. The maximum atomic E-state index is 10.5. The van der Waals surface area contributed by atoms with Crippen molar-refractivity contribution in [3.63, 3.8) is 0 Å². The minimum atomic E-state index is -1.91. The smallest absolute Gasteiger partial charge is 0.217 e. The number of imidazole rings is 5. The number of nitrogen functional groups attached to an aromatic ring is 2. The maximum absolute atomic E-state index is 10.5. The molecule has 10 aromatic rings. The number of rotatable bonds is 30. The number of alkyl halides is 1. The van der Waals surface area contributed by atoms with Crippen LogP contribution in [0.5, 0.6) is 0 Å². The first-order chi connectivity index (χ1) is 66.9. The van der Waals surface area contributed by atoms with Gasteiger partial charge in [-0.05, 0) is 55.4 Å². The highest BCUT2D eigenvalue weighted by molar-refractivity contribution is 9.09. The first-order valence-electron chi connectivity index (χ1n) is 46.4. The zero-order valence-electron chi connectivity index (χ0n) is 86.4. The van der Waals surface area contributed by atoms with Crippen molar-refractivity contribution in [1.29, 1.82) is 0 Å². The Bertz CT molecular complexity index is 5660. The molecule has 0 amide bonds. The van der Waals surface area contributed by atoms with E-state index in [9.17, 15) is 25.5 Å². The summed E-state index contributed by atoms with van der Waals surface area (Å²) < 4.78 is 72.6. The molecular weight excluding hydrogens is 1970 g/mol. The number of allylic oxidation sites excluding steroid dienone is 1. The Balaban J connectivity index is 0.000000209. The number of aliphatic hydroxyl groups excluding tert-OH is 6. The zero-order valence-corrected chi connectivity index (χ0v) is 91.8. The lowest BCUT2D eigenvalue weighted by Crippen LogP contribution is -2.44. The lowest BCUT2D eigenvalue weighted by Gasteiger charge is -2.37. The summed E-state index contributed by atoms with van der Waals surface area (Å²) in [5.41, 5.74) is 17.4. The minimum absolute atomic E-state index is 0.103. The van der Waals surface area contributed by atoms with Crippen molar-refractivity contribution in [2.75, 3.05) is 134 Å². The highest BCUT2D eigenvalue weighted by Crippen LogP contribution is 2.44. The summed E-state index contributed by atoms with van der Waals surface area (Å²) in [5, 5.41) is 59.2. The van der Waals surface area contributed by atoms with Crippen LogP contribution in [0.1, 0.15) is 126 Å². The zero-order chi connectivity index (χ0) is 105. The molecule has 15 atom stereocenters. The summed E-state index contributed by atoms with van der Waals surface area (Å²) in [5.74, 6) is 2.12. The van der Waals surface area contributed by atoms with Crippen LogP contribution in [0.25, 0.3) is 55.8 Å². The Hall–Kier alpha value is -9.32. The molecular formula is C91H149BrClN29O17Si3. The SMILES string of the molecule is C=CCBr.C=CCO[C@@H]1C[C@H](n2cnc3c(N)ncnc32)O[C@@H]1CO.C=CCO[C@@H]1C[C@H](n2cnc3c(N=CN(C)C)ncnc32)O[C@@H]1CO[Si](C)(C)C(C)(C)C.CC(C)(C)[Si](C)(C)Cl.CN(C)C=Nc1ncnc2c1ncn2[C@H]1C[C@@H](O)[C@@H](CO)O1.CN(C)C=Nc1ncnc2c1ncn2[C@H]1C[C@@H](O)[C@@H](CO[Si](C)(C)C(C)(C)C)O1.COC(OC)N(C)C.Nc1ncnc2c1ncn2[C@H]1C[C@@H](O)[C@@H](CO)O1. The van der Waals surface area contributed by atoms with E-state index in [0.29, 0.717) is 148 Å². The van der Waals surface area contributed by atoms with E-state index in [1.54, 1.807) is 102 Å². The van der Waals surface area contributed by atoms with E-state index >= 15 is 0 Å². The number of nitrogens with two attached hydrogens (primary N) is 2. The van der Waals surface area contributed by atoms with Crippen LogP contribution in [0.15, 0.2) is 116 Å². The van der Waals surface area contributed by atoms with E-state index in [4.69, 9.17) is 79.1 Å². The molecule has 5 aliphatic heterocycles. The summed E-state index contributed by atoms with van der Waals surface area (Å²) in [6, 6.07) is 0. The first-order valence-corrected chi connectivity index (χ1v) is 57.4. The molecule has 10 aromatic heterocycles. The monoisotopic (exact) mass is 2120 g/mol. The summed E-state index contributed by atoms with van der Waals surface area (Å²) in [6.45, 7) is 45.1. The number of hydrogen-bond donors (Lipinski definition) is 8. The third-order valence-electron chi connectivity index (χ3n) is 24.5. The van der Waals surface area contributed by atoms with Gasteiger partial charge in [-0.25, -0.2) is 89.7 Å². The number of fused-ring (bicyclic) bond motifs is 5. The summed E-state index contributed by atoms with van der Waals surface area (Å²) in [4.78, 5) is 83.6. The van der Waals surface area contributed by atoms with Gasteiger partial charge < -0.3 is 108 Å². The van der Waals surface area contributed by atoms with Crippen LogP contribution in [0.4, 0.5) is 29.1 Å². The number of hydrogen-bond acceptors (Lipinski definition) is 38. The molecule has 0 aliphatic carbocycles. The minimum Gasteiger partial charge on any atom is -0.414 e. The molecule has 0 spiro atoms. The standard InChI is InChI=1S/C22H36N6O3Si.C19H32N6O3Si.C13H18N6O3.C13H17N5O3.C10H13N5O3.C6H15ClSi.C5H13NO2.C3H5Br/c1-9-10-29-16-11-18(31-17(16)12-30-32(7,8)22(2,3)4)28-15-25-19-20(26-14-27(5)6)23-13-24-21(19)28;1-19(2,3)29(6,7)27-9-14-13(26)8-15(28-14)25-12-22-16-17(23-11-24(4)5)20-10-21-18(16)25;1-18(2)6-17-12-11-13(15-5-14-12)19(7-16-11)10-3-8(21)9(4-20)22-10;1-2-3-20-8-4-10(21-9(8)5-19)18-7-17-11-12(14)15-6-16-13(11)18;11-9-8-10(13-3-12-9)15(4-14-8)7-1-5(17)6(2-16)18-7;1-6(2,3)8(4,5)7;1-6(2)5(7-3)8-4;1-2-3-4/h9,13-18H,1,10-12H2,2-8H3;10-15,26H,8-9H2,1-7H3;5-10,20-21H,3-4H2,1-2H3;2,6-10,19H,1,3-5H2,(H2,14,15,16);3-7,16-17H,1-2H2,(H2,11,12,13);1-5H3;5H,1-4H3;2H,1,3H2/t16-,17-,18-;13-,14-,15-;2*8-,9-,10-;5-,6-,7-;;;/m11111.../s1. The second-order valence-electron chi connectivity index (χ2n) is 39.3. The van der Waals surface area contributed by atoms with Gasteiger partial charge in [0.25, 0.3) is 0 Å². The van der Waals surface area contributed by atoms with Crippen LogP contribution in [0.3, 0.4) is 0 Å². The Labute approximate surface area is 846 Å². The van der Waals surface area contributed by atoms with Gasteiger partial charge in [0.1, 0.15) is 104 Å². The number of methoxy groups -OCH3 is 2. The number of aliphatic hydroxyl groups is 6. The third kappa shape index (κ3) is 31.8. The van der Waals surface area contributed by atoms with Crippen molar-refractivity contribution in [3.8, 4) is 0 Å². The number of nitrogens with zero attached hydrogens (tertiary/aromatic N) is 27. The van der Waals surface area contributed by atoms with Gasteiger partial charge in [-0.3, -0.25) is 27.7 Å². The number of ether oxygens (including phenoxy) is 9. The van der Waals surface area contributed by atoms with Gasteiger partial charge in [0.15, 0.2) is 97.9 Å². The highest BCUT2D eigenvalue weighted by atomic mass is 79.9. The van der Waals surface area contributed by atoms with E-state index in [-0.39, 0.29) is 85.5 Å². The molecule has 786 valence electrons. The van der Waals surface area contributed by atoms with Crippen LogP contribution in [-0.4, -0.2) is 381 Å². The average Bonchev–Trinajstić information content (AvgIpc) is 1.64. The summed E-state index contributed by atoms with van der Waals surface area (Å²) in [7, 11) is 13.1. The predicted molar refractivity (Wildman–Crippen MR) is 558 cm³/mol.